The van der Waals surface area contributed by atoms with Gasteiger partial charge in [0, 0.05) is 17.0 Å². The van der Waals surface area contributed by atoms with Gasteiger partial charge in [-0.3, -0.25) is 0 Å². The van der Waals surface area contributed by atoms with Crippen molar-refractivity contribution < 1.29 is 9.84 Å². The fraction of sp³-hybridized carbons (Fsp3) is 0.364. The van der Waals surface area contributed by atoms with Crippen molar-refractivity contribution >= 4 is 22.6 Å². The van der Waals surface area contributed by atoms with Crippen LogP contribution in [-0.4, -0.2) is 26.7 Å². The largest absolute Gasteiger partial charge is 0.505 e. The molecule has 0 saturated heterocycles. The van der Waals surface area contributed by atoms with Crippen LogP contribution in [0, 0.1) is 0 Å². The average Bonchev–Trinajstić information content (AvgIpc) is 3.01. The van der Waals surface area contributed by atoms with Crippen molar-refractivity contribution in [2.45, 2.75) is 46.5 Å². The highest BCUT2D eigenvalue weighted by Gasteiger charge is 2.23. The third kappa shape index (κ3) is 4.47. The van der Waals surface area contributed by atoms with Crippen LogP contribution in [0.5, 0.6) is 5.75 Å². The summed E-state index contributed by atoms with van der Waals surface area (Å²) < 4.78 is 5.58. The van der Waals surface area contributed by atoms with E-state index in [2.05, 4.69) is 31.0 Å². The third-order valence-electron chi connectivity index (χ3n) is 4.34. The Kier molecular flexibility index (Phi) is 5.66. The van der Waals surface area contributed by atoms with Crippen molar-refractivity contribution in [3.63, 3.8) is 0 Å². The summed E-state index contributed by atoms with van der Waals surface area (Å²) in [5, 5.41) is 20.6. The molecule has 0 fully saturated rings. The van der Waals surface area contributed by atoms with Gasteiger partial charge in [0.1, 0.15) is 22.5 Å². The van der Waals surface area contributed by atoms with E-state index in [1.54, 1.807) is 18.4 Å². The average molecular weight is 400 g/mol. The lowest BCUT2D eigenvalue weighted by Gasteiger charge is -2.23. The Morgan fingerprint density at radius 3 is 2.54 bits per heavy atom. The molecule has 0 bridgehead atoms. The molecular formula is C22H26ClN3O2. The van der Waals surface area contributed by atoms with Crippen LogP contribution in [0.15, 0.2) is 42.2 Å². The molecule has 2 aromatic carbocycles. The number of ether oxygens (including phenoxy) is 1. The number of halogens is 1. The lowest BCUT2D eigenvalue weighted by molar-refractivity contribution is 0.250. The smallest absolute Gasteiger partial charge is 0.146 e. The van der Waals surface area contributed by atoms with E-state index in [4.69, 9.17) is 16.3 Å². The Morgan fingerprint density at radius 2 is 1.86 bits per heavy atom. The molecule has 6 heteroatoms. The molecular weight excluding hydrogens is 374 g/mol. The van der Waals surface area contributed by atoms with Crippen LogP contribution in [0.3, 0.4) is 0 Å². The number of hydrogen-bond acceptors (Lipinski definition) is 4. The van der Waals surface area contributed by atoms with Gasteiger partial charge in [-0.05, 0) is 54.7 Å². The summed E-state index contributed by atoms with van der Waals surface area (Å²) in [6.07, 6.45) is 2.48. The van der Waals surface area contributed by atoms with Crippen LogP contribution < -0.4 is 0 Å². The zero-order chi connectivity index (χ0) is 20.5. The summed E-state index contributed by atoms with van der Waals surface area (Å²) in [4.78, 5) is 1.48. The lowest BCUT2D eigenvalue weighted by atomic mass is 9.84. The van der Waals surface area contributed by atoms with E-state index in [0.717, 1.165) is 22.2 Å². The van der Waals surface area contributed by atoms with Crippen LogP contribution in [0.4, 0.5) is 0 Å². The minimum Gasteiger partial charge on any atom is -0.505 e. The molecule has 0 aliphatic rings. The molecule has 0 aliphatic heterocycles. The number of nitrogens with zero attached hydrogens (tertiary/aromatic N) is 3. The number of phenolic OH excluding ortho intramolecular Hbond substituents is 1. The van der Waals surface area contributed by atoms with E-state index < -0.39 is 0 Å². The minimum atomic E-state index is -0.231. The summed E-state index contributed by atoms with van der Waals surface area (Å²) in [5.41, 5.74) is 4.75. The van der Waals surface area contributed by atoms with Gasteiger partial charge in [0.2, 0.25) is 0 Å². The first-order chi connectivity index (χ1) is 13.1. The highest BCUT2D eigenvalue weighted by atomic mass is 35.5. The molecule has 28 heavy (non-hydrogen) atoms. The van der Waals surface area contributed by atoms with Crippen LogP contribution >= 0.6 is 11.6 Å². The third-order valence-corrected chi connectivity index (χ3v) is 4.58. The van der Waals surface area contributed by atoms with Crippen LogP contribution in [0.1, 0.15) is 45.7 Å². The highest BCUT2D eigenvalue weighted by Crippen LogP contribution is 2.36. The normalized spacial score (nSPS) is 11.6. The number of aromatic nitrogens is 3. The van der Waals surface area contributed by atoms with Gasteiger partial charge in [0.15, 0.2) is 0 Å². The number of hydrogen-bond donors (Lipinski definition) is 1. The molecule has 0 amide bonds. The highest BCUT2D eigenvalue weighted by molar-refractivity contribution is 6.31. The SMILES string of the molecule is CC(C)=COCCc1cc(-n2nc3ccc(Cl)cc3n2)c(O)c(C(C)(C)C)c1. The number of aromatic hydroxyl groups is 1. The maximum Gasteiger partial charge on any atom is 0.146 e. The van der Waals surface area contributed by atoms with E-state index in [-0.39, 0.29) is 11.2 Å². The standard InChI is InChI=1S/C22H26ClN3O2/c1-14(2)13-28-9-8-15-10-17(22(3,4)5)21(27)20(11-15)26-24-18-7-6-16(23)12-19(18)25-26/h6-7,10-13,27H,8-9H2,1-5H3. The van der Waals surface area contributed by atoms with Gasteiger partial charge < -0.3 is 9.84 Å². The predicted molar refractivity (Wildman–Crippen MR) is 113 cm³/mol. The molecule has 0 aliphatic carbocycles. The topological polar surface area (TPSA) is 60.2 Å². The number of phenols is 1. The molecule has 0 spiro atoms. The second-order valence-electron chi connectivity index (χ2n) is 8.20. The maximum atomic E-state index is 11.0. The molecule has 0 atom stereocenters. The van der Waals surface area contributed by atoms with Crippen LogP contribution in [-0.2, 0) is 16.6 Å². The van der Waals surface area contributed by atoms with Gasteiger partial charge in [-0.15, -0.1) is 15.0 Å². The fourth-order valence-corrected chi connectivity index (χ4v) is 3.11. The Morgan fingerprint density at radius 1 is 1.14 bits per heavy atom. The van der Waals surface area contributed by atoms with Gasteiger partial charge in [-0.25, -0.2) is 0 Å². The summed E-state index contributed by atoms with van der Waals surface area (Å²) in [6, 6.07) is 9.31. The summed E-state index contributed by atoms with van der Waals surface area (Å²) >= 11 is 6.06. The van der Waals surface area contributed by atoms with Gasteiger partial charge in [-0.1, -0.05) is 38.4 Å². The molecule has 0 radical (unpaired) electrons. The Balaban J connectivity index is 2.04. The zero-order valence-electron chi connectivity index (χ0n) is 17.0. The van der Waals surface area contributed by atoms with Crippen molar-refractivity contribution in [2.75, 3.05) is 6.61 Å². The van der Waals surface area contributed by atoms with Gasteiger partial charge >= 0.3 is 0 Å². The molecule has 3 aromatic rings. The van der Waals surface area contributed by atoms with Gasteiger partial charge in [-0.2, -0.15) is 0 Å². The molecule has 3 rings (SSSR count). The van der Waals surface area contributed by atoms with E-state index in [1.807, 2.05) is 32.0 Å². The van der Waals surface area contributed by atoms with E-state index in [1.165, 1.54) is 4.80 Å². The fourth-order valence-electron chi connectivity index (χ4n) is 2.94. The number of fused-ring (bicyclic) bond motifs is 1. The van der Waals surface area contributed by atoms with Gasteiger partial charge in [0.05, 0.1) is 12.9 Å². The molecule has 5 nitrogen and oxygen atoms in total. The van der Waals surface area contributed by atoms with Crippen molar-refractivity contribution in [3.05, 3.63) is 58.3 Å². The molecule has 0 unspecified atom stereocenters. The first kappa shape index (κ1) is 20.2. The second-order valence-corrected chi connectivity index (χ2v) is 8.64. The maximum absolute atomic E-state index is 11.0. The second kappa shape index (κ2) is 7.84. The Bertz CT molecular complexity index is 1030. The van der Waals surface area contributed by atoms with Crippen molar-refractivity contribution in [1.29, 1.82) is 0 Å². The van der Waals surface area contributed by atoms with E-state index in [9.17, 15) is 5.11 Å². The van der Waals surface area contributed by atoms with E-state index >= 15 is 0 Å². The summed E-state index contributed by atoms with van der Waals surface area (Å²) in [7, 11) is 0. The van der Waals surface area contributed by atoms with Crippen LogP contribution in [0.25, 0.3) is 16.7 Å². The molecule has 0 saturated carbocycles. The van der Waals surface area contributed by atoms with Crippen molar-refractivity contribution in [2.24, 2.45) is 0 Å². The van der Waals surface area contributed by atoms with Gasteiger partial charge in [0.25, 0.3) is 0 Å². The number of allylic oxidation sites excluding steroid dienone is 1. The molecule has 1 heterocycles. The van der Waals surface area contributed by atoms with E-state index in [0.29, 0.717) is 29.3 Å². The first-order valence-electron chi connectivity index (χ1n) is 9.29. The lowest BCUT2D eigenvalue weighted by Crippen LogP contribution is -2.14. The summed E-state index contributed by atoms with van der Waals surface area (Å²) in [6.45, 7) is 10.8. The van der Waals surface area contributed by atoms with Crippen molar-refractivity contribution in [1.82, 2.24) is 15.0 Å². The zero-order valence-corrected chi connectivity index (χ0v) is 17.7. The monoisotopic (exact) mass is 399 g/mol. The Labute approximate surface area is 170 Å². The first-order valence-corrected chi connectivity index (χ1v) is 9.67. The predicted octanol–water partition coefficient (Wildman–Crippen LogP) is 5.56. The molecule has 1 aromatic heterocycles. The molecule has 148 valence electrons. The van der Waals surface area contributed by atoms with Crippen LogP contribution in [0.2, 0.25) is 5.02 Å². The molecule has 1 N–H and O–H groups in total. The Hall–Kier alpha value is -2.53. The van der Waals surface area contributed by atoms with Crippen molar-refractivity contribution in [3.8, 4) is 11.4 Å². The number of benzene rings is 2. The quantitative estimate of drug-likeness (QED) is 0.450. The minimum absolute atomic E-state index is 0.188. The summed E-state index contributed by atoms with van der Waals surface area (Å²) in [5.74, 6) is 0.188. The number of rotatable bonds is 5.